The van der Waals surface area contributed by atoms with E-state index in [4.69, 9.17) is 0 Å². The number of aryl methyl sites for hydroxylation is 1. The molecule has 2 aromatic rings. The van der Waals surface area contributed by atoms with E-state index in [2.05, 4.69) is 21.2 Å². The van der Waals surface area contributed by atoms with Gasteiger partial charge in [0.2, 0.25) is 5.91 Å². The minimum Gasteiger partial charge on any atom is -0.325 e. The van der Waals surface area contributed by atoms with Crippen LogP contribution < -0.4 is 5.32 Å². The van der Waals surface area contributed by atoms with Crippen LogP contribution in [-0.4, -0.2) is 5.91 Å². The summed E-state index contributed by atoms with van der Waals surface area (Å²) in [5, 5.41) is 2.99. The second kappa shape index (κ2) is 5.80. The first-order valence-corrected chi connectivity index (χ1v) is 7.33. The Balaban J connectivity index is 2.21. The van der Waals surface area contributed by atoms with Crippen molar-refractivity contribution in [2.45, 2.75) is 26.2 Å². The van der Waals surface area contributed by atoms with Gasteiger partial charge in [-0.05, 0) is 50.1 Å². The molecule has 104 valence electrons. The average molecular weight is 332 g/mol. The van der Waals surface area contributed by atoms with Gasteiger partial charge in [-0.3, -0.25) is 4.79 Å². The van der Waals surface area contributed by atoms with Gasteiger partial charge >= 0.3 is 0 Å². The van der Waals surface area contributed by atoms with Gasteiger partial charge < -0.3 is 5.32 Å². The molecule has 0 aliphatic carbocycles. The van der Waals surface area contributed by atoms with E-state index in [1.165, 1.54) is 0 Å². The number of amides is 1. The van der Waals surface area contributed by atoms with Crippen LogP contribution in [0.3, 0.4) is 0 Å². The summed E-state index contributed by atoms with van der Waals surface area (Å²) in [6.07, 6.45) is 0. The van der Waals surface area contributed by atoms with Crippen LogP contribution in [0.1, 0.15) is 25.0 Å². The maximum atomic E-state index is 12.5. The lowest BCUT2D eigenvalue weighted by molar-refractivity contribution is -0.120. The second-order valence-electron chi connectivity index (χ2n) is 5.41. The number of benzene rings is 2. The number of halogens is 1. The van der Waals surface area contributed by atoms with Crippen molar-refractivity contribution < 1.29 is 4.79 Å². The molecule has 20 heavy (non-hydrogen) atoms. The van der Waals surface area contributed by atoms with Crippen LogP contribution >= 0.6 is 15.9 Å². The van der Waals surface area contributed by atoms with E-state index < -0.39 is 5.41 Å². The lowest BCUT2D eigenvalue weighted by Gasteiger charge is -2.24. The molecule has 2 nitrogen and oxygen atoms in total. The topological polar surface area (TPSA) is 29.1 Å². The highest BCUT2D eigenvalue weighted by Gasteiger charge is 2.29. The summed E-state index contributed by atoms with van der Waals surface area (Å²) < 4.78 is 1.04. The Hall–Kier alpha value is -1.61. The van der Waals surface area contributed by atoms with Gasteiger partial charge in [0.15, 0.2) is 0 Å². The quantitative estimate of drug-likeness (QED) is 0.869. The van der Waals surface area contributed by atoms with Crippen molar-refractivity contribution in [3.8, 4) is 0 Å². The van der Waals surface area contributed by atoms with E-state index in [0.717, 1.165) is 21.3 Å². The molecule has 0 unspecified atom stereocenters. The number of carbonyl (C=O) groups excluding carboxylic acids is 1. The fourth-order valence-electron chi connectivity index (χ4n) is 2.00. The van der Waals surface area contributed by atoms with Crippen LogP contribution in [0.25, 0.3) is 0 Å². The van der Waals surface area contributed by atoms with Crippen LogP contribution in [0.2, 0.25) is 0 Å². The largest absolute Gasteiger partial charge is 0.325 e. The smallest absolute Gasteiger partial charge is 0.234 e. The summed E-state index contributed by atoms with van der Waals surface area (Å²) in [6.45, 7) is 5.87. The summed E-state index contributed by atoms with van der Waals surface area (Å²) >= 11 is 3.46. The van der Waals surface area contributed by atoms with Crippen LogP contribution in [-0.2, 0) is 10.2 Å². The summed E-state index contributed by atoms with van der Waals surface area (Å²) in [6, 6.07) is 15.6. The molecule has 0 aromatic heterocycles. The number of rotatable bonds is 3. The first-order valence-electron chi connectivity index (χ1n) is 6.54. The number of nitrogens with one attached hydrogen (secondary N) is 1. The van der Waals surface area contributed by atoms with Crippen LogP contribution in [0.4, 0.5) is 5.69 Å². The van der Waals surface area contributed by atoms with Gasteiger partial charge in [-0.15, -0.1) is 0 Å². The molecule has 0 saturated heterocycles. The number of hydrogen-bond donors (Lipinski definition) is 1. The zero-order valence-electron chi connectivity index (χ0n) is 11.9. The van der Waals surface area contributed by atoms with Gasteiger partial charge in [-0.2, -0.15) is 0 Å². The molecule has 0 atom stereocenters. The van der Waals surface area contributed by atoms with Crippen molar-refractivity contribution in [2.75, 3.05) is 5.32 Å². The number of hydrogen-bond acceptors (Lipinski definition) is 1. The minimum atomic E-state index is -0.567. The standard InChI is InChI=1S/C17H18BrNO/c1-12-11-14(9-10-15(12)18)19-16(20)17(2,3)13-7-5-4-6-8-13/h4-11H,1-3H3,(H,19,20). The Morgan fingerprint density at radius 2 is 1.75 bits per heavy atom. The Bertz CT molecular complexity index is 620. The molecular formula is C17H18BrNO. The Kier molecular flexibility index (Phi) is 4.29. The summed E-state index contributed by atoms with van der Waals surface area (Å²) in [4.78, 5) is 12.5. The van der Waals surface area contributed by atoms with Crippen LogP contribution in [0, 0.1) is 6.92 Å². The summed E-state index contributed by atoms with van der Waals surface area (Å²) in [5.74, 6) is -0.00887. The first kappa shape index (κ1) is 14.8. The van der Waals surface area contributed by atoms with Gasteiger partial charge in [0.1, 0.15) is 0 Å². The van der Waals surface area contributed by atoms with Crippen molar-refractivity contribution in [2.24, 2.45) is 0 Å². The Morgan fingerprint density at radius 3 is 2.35 bits per heavy atom. The summed E-state index contributed by atoms with van der Waals surface area (Å²) in [7, 11) is 0. The van der Waals surface area contributed by atoms with Gasteiger partial charge in [0.25, 0.3) is 0 Å². The zero-order valence-corrected chi connectivity index (χ0v) is 13.5. The molecule has 0 aliphatic rings. The lowest BCUT2D eigenvalue weighted by atomic mass is 9.83. The average Bonchev–Trinajstić information content (AvgIpc) is 2.44. The molecule has 0 heterocycles. The SMILES string of the molecule is Cc1cc(NC(=O)C(C)(C)c2ccccc2)ccc1Br. The van der Waals surface area contributed by atoms with Crippen molar-refractivity contribution in [3.05, 3.63) is 64.1 Å². The highest BCUT2D eigenvalue weighted by molar-refractivity contribution is 9.10. The first-order chi connectivity index (χ1) is 9.41. The van der Waals surface area contributed by atoms with Crippen molar-refractivity contribution in [1.29, 1.82) is 0 Å². The molecule has 0 spiro atoms. The van der Waals surface area contributed by atoms with E-state index in [1.54, 1.807) is 0 Å². The highest BCUT2D eigenvalue weighted by Crippen LogP contribution is 2.26. The normalized spacial score (nSPS) is 11.2. The Morgan fingerprint density at radius 1 is 1.10 bits per heavy atom. The second-order valence-corrected chi connectivity index (χ2v) is 6.26. The van der Waals surface area contributed by atoms with Gasteiger partial charge in [-0.25, -0.2) is 0 Å². The molecule has 1 N–H and O–H groups in total. The van der Waals surface area contributed by atoms with E-state index in [-0.39, 0.29) is 5.91 Å². The molecule has 2 rings (SSSR count). The fourth-order valence-corrected chi connectivity index (χ4v) is 2.24. The van der Waals surface area contributed by atoms with Crippen molar-refractivity contribution in [3.63, 3.8) is 0 Å². The predicted molar refractivity (Wildman–Crippen MR) is 87.0 cm³/mol. The maximum absolute atomic E-state index is 12.5. The third kappa shape index (κ3) is 3.10. The minimum absolute atomic E-state index is 0.00887. The third-order valence-corrected chi connectivity index (χ3v) is 4.37. The van der Waals surface area contributed by atoms with Crippen LogP contribution in [0.15, 0.2) is 53.0 Å². The van der Waals surface area contributed by atoms with Gasteiger partial charge in [0, 0.05) is 10.2 Å². The zero-order chi connectivity index (χ0) is 14.8. The van der Waals surface area contributed by atoms with E-state index in [0.29, 0.717) is 0 Å². The molecule has 0 fully saturated rings. The molecule has 0 saturated carbocycles. The maximum Gasteiger partial charge on any atom is 0.234 e. The highest BCUT2D eigenvalue weighted by atomic mass is 79.9. The molecular weight excluding hydrogens is 314 g/mol. The molecule has 0 bridgehead atoms. The van der Waals surface area contributed by atoms with E-state index in [1.807, 2.05) is 69.3 Å². The third-order valence-electron chi connectivity index (χ3n) is 3.48. The molecule has 0 aliphatic heterocycles. The number of carbonyl (C=O) groups is 1. The Labute approximate surface area is 128 Å². The lowest BCUT2D eigenvalue weighted by Crippen LogP contribution is -2.34. The molecule has 2 aromatic carbocycles. The molecule has 3 heteroatoms. The van der Waals surface area contributed by atoms with E-state index >= 15 is 0 Å². The van der Waals surface area contributed by atoms with Gasteiger partial charge in [0.05, 0.1) is 5.41 Å². The van der Waals surface area contributed by atoms with Crippen molar-refractivity contribution in [1.82, 2.24) is 0 Å². The molecule has 0 radical (unpaired) electrons. The monoisotopic (exact) mass is 331 g/mol. The molecule has 1 amide bonds. The fraction of sp³-hybridized carbons (Fsp3) is 0.235. The summed E-state index contributed by atoms with van der Waals surface area (Å²) in [5.41, 5.74) is 2.36. The van der Waals surface area contributed by atoms with Gasteiger partial charge in [-0.1, -0.05) is 46.3 Å². The number of anilines is 1. The van der Waals surface area contributed by atoms with Crippen molar-refractivity contribution >= 4 is 27.5 Å². The van der Waals surface area contributed by atoms with Crippen LogP contribution in [0.5, 0.6) is 0 Å². The predicted octanol–water partition coefficient (Wildman–Crippen LogP) is 4.67. The van der Waals surface area contributed by atoms with E-state index in [9.17, 15) is 4.79 Å².